The molecular formula is C14H22ClN. The van der Waals surface area contributed by atoms with E-state index in [1.165, 1.54) is 16.7 Å². The van der Waals surface area contributed by atoms with Gasteiger partial charge in [0.1, 0.15) is 0 Å². The zero-order chi connectivity index (χ0) is 12.1. The smallest absolute Gasteiger partial charge is 0.0467 e. The van der Waals surface area contributed by atoms with E-state index in [9.17, 15) is 0 Å². The summed E-state index contributed by atoms with van der Waals surface area (Å²) in [5.41, 5.74) is 9.59. The Morgan fingerprint density at radius 3 is 2.62 bits per heavy atom. The molecule has 2 N–H and O–H groups in total. The molecule has 90 valence electrons. The maximum Gasteiger partial charge on any atom is 0.0467 e. The van der Waals surface area contributed by atoms with Crippen LogP contribution in [0.4, 0.5) is 0 Å². The van der Waals surface area contributed by atoms with Crippen molar-refractivity contribution in [1.29, 1.82) is 0 Å². The van der Waals surface area contributed by atoms with Crippen molar-refractivity contribution in [3.8, 4) is 0 Å². The van der Waals surface area contributed by atoms with Gasteiger partial charge in [-0.15, -0.1) is 0 Å². The highest BCUT2D eigenvalue weighted by molar-refractivity contribution is 6.32. The van der Waals surface area contributed by atoms with Crippen molar-refractivity contribution in [3.05, 3.63) is 33.8 Å². The number of hydrogen-bond acceptors (Lipinski definition) is 1. The molecule has 0 aromatic heterocycles. The van der Waals surface area contributed by atoms with Crippen molar-refractivity contribution in [2.45, 2.75) is 52.5 Å². The van der Waals surface area contributed by atoms with Crippen LogP contribution in [-0.4, -0.2) is 6.04 Å². The quantitative estimate of drug-likeness (QED) is 0.829. The van der Waals surface area contributed by atoms with Crippen LogP contribution in [0.25, 0.3) is 0 Å². The SMILES string of the molecule is CCc1cc(CCCC(C)N)cc(C)c1Cl. The molecule has 0 aliphatic rings. The van der Waals surface area contributed by atoms with Crippen LogP contribution in [0.3, 0.4) is 0 Å². The molecule has 1 rings (SSSR count). The molecular weight excluding hydrogens is 218 g/mol. The summed E-state index contributed by atoms with van der Waals surface area (Å²) in [4.78, 5) is 0. The van der Waals surface area contributed by atoms with Gasteiger partial charge in [-0.1, -0.05) is 30.7 Å². The Balaban J connectivity index is 2.70. The van der Waals surface area contributed by atoms with Crippen LogP contribution in [0.15, 0.2) is 12.1 Å². The molecule has 0 bridgehead atoms. The minimum atomic E-state index is 0.305. The van der Waals surface area contributed by atoms with Crippen LogP contribution in [0.1, 0.15) is 43.4 Å². The first-order valence-corrected chi connectivity index (χ1v) is 6.45. The summed E-state index contributed by atoms with van der Waals surface area (Å²) < 4.78 is 0. The van der Waals surface area contributed by atoms with E-state index in [2.05, 4.69) is 32.9 Å². The third-order valence-electron chi connectivity index (χ3n) is 2.90. The fourth-order valence-corrected chi connectivity index (χ4v) is 2.20. The Bertz CT molecular complexity index is 345. The highest BCUT2D eigenvalue weighted by Crippen LogP contribution is 2.24. The van der Waals surface area contributed by atoms with Gasteiger partial charge in [-0.3, -0.25) is 0 Å². The van der Waals surface area contributed by atoms with Crippen LogP contribution in [0.5, 0.6) is 0 Å². The molecule has 1 unspecified atom stereocenters. The van der Waals surface area contributed by atoms with Gasteiger partial charge >= 0.3 is 0 Å². The molecule has 0 heterocycles. The standard InChI is InChI=1S/C14H22ClN/c1-4-13-9-12(7-5-6-11(3)16)8-10(2)14(13)15/h8-9,11H,4-7,16H2,1-3H3. The largest absolute Gasteiger partial charge is 0.328 e. The molecule has 0 radical (unpaired) electrons. The van der Waals surface area contributed by atoms with Gasteiger partial charge in [0.2, 0.25) is 0 Å². The van der Waals surface area contributed by atoms with Crippen LogP contribution < -0.4 is 5.73 Å². The first kappa shape index (κ1) is 13.5. The Hall–Kier alpha value is -0.530. The van der Waals surface area contributed by atoms with Crippen LogP contribution in [0.2, 0.25) is 5.02 Å². The molecule has 1 aromatic rings. The second-order valence-electron chi connectivity index (χ2n) is 4.61. The predicted octanol–water partition coefficient (Wildman–Crippen LogP) is 3.88. The molecule has 0 fully saturated rings. The van der Waals surface area contributed by atoms with Gasteiger partial charge in [0.15, 0.2) is 0 Å². The minimum absolute atomic E-state index is 0.305. The summed E-state index contributed by atoms with van der Waals surface area (Å²) in [6.45, 7) is 6.29. The van der Waals surface area contributed by atoms with Crippen molar-refractivity contribution < 1.29 is 0 Å². The number of halogens is 1. The van der Waals surface area contributed by atoms with Gasteiger partial charge < -0.3 is 5.73 Å². The van der Waals surface area contributed by atoms with Gasteiger partial charge in [0, 0.05) is 11.1 Å². The molecule has 0 aliphatic heterocycles. The first-order valence-electron chi connectivity index (χ1n) is 6.08. The summed E-state index contributed by atoms with van der Waals surface area (Å²) in [5.74, 6) is 0. The van der Waals surface area contributed by atoms with E-state index in [0.717, 1.165) is 30.7 Å². The van der Waals surface area contributed by atoms with Crippen molar-refractivity contribution in [1.82, 2.24) is 0 Å². The predicted molar refractivity (Wildman–Crippen MR) is 72.2 cm³/mol. The van der Waals surface area contributed by atoms with Crippen molar-refractivity contribution in [2.75, 3.05) is 0 Å². The van der Waals surface area contributed by atoms with E-state index in [-0.39, 0.29) is 0 Å². The third-order valence-corrected chi connectivity index (χ3v) is 3.44. The average molecular weight is 240 g/mol. The Morgan fingerprint density at radius 2 is 2.06 bits per heavy atom. The zero-order valence-corrected chi connectivity index (χ0v) is 11.3. The highest BCUT2D eigenvalue weighted by Gasteiger charge is 2.05. The lowest BCUT2D eigenvalue weighted by Crippen LogP contribution is -2.14. The van der Waals surface area contributed by atoms with E-state index < -0.39 is 0 Å². The molecule has 1 atom stereocenters. The van der Waals surface area contributed by atoms with E-state index in [1.807, 2.05) is 0 Å². The molecule has 0 saturated heterocycles. The topological polar surface area (TPSA) is 26.0 Å². The Labute approximate surface area is 104 Å². The second-order valence-corrected chi connectivity index (χ2v) is 4.99. The lowest BCUT2D eigenvalue weighted by molar-refractivity contribution is 0.624. The monoisotopic (exact) mass is 239 g/mol. The molecule has 1 aromatic carbocycles. The van der Waals surface area contributed by atoms with Crippen LogP contribution >= 0.6 is 11.6 Å². The fraction of sp³-hybridized carbons (Fsp3) is 0.571. The Morgan fingerprint density at radius 1 is 1.38 bits per heavy atom. The maximum absolute atomic E-state index is 6.23. The van der Waals surface area contributed by atoms with Crippen LogP contribution in [0, 0.1) is 6.92 Å². The van der Waals surface area contributed by atoms with Crippen molar-refractivity contribution in [3.63, 3.8) is 0 Å². The molecule has 0 saturated carbocycles. The van der Waals surface area contributed by atoms with E-state index in [4.69, 9.17) is 17.3 Å². The number of rotatable bonds is 5. The molecule has 0 spiro atoms. The summed E-state index contributed by atoms with van der Waals surface area (Å²) in [7, 11) is 0. The summed E-state index contributed by atoms with van der Waals surface area (Å²) in [6, 6.07) is 4.73. The van der Waals surface area contributed by atoms with E-state index in [1.54, 1.807) is 0 Å². The third kappa shape index (κ3) is 3.80. The summed E-state index contributed by atoms with van der Waals surface area (Å²) in [5, 5.41) is 0.929. The van der Waals surface area contributed by atoms with Crippen LogP contribution in [-0.2, 0) is 12.8 Å². The number of benzene rings is 1. The Kier molecular flexibility index (Phi) is 5.30. The van der Waals surface area contributed by atoms with Gasteiger partial charge in [-0.2, -0.15) is 0 Å². The summed E-state index contributed by atoms with van der Waals surface area (Å²) >= 11 is 6.23. The van der Waals surface area contributed by atoms with Crippen molar-refractivity contribution >= 4 is 11.6 Å². The molecule has 1 nitrogen and oxygen atoms in total. The van der Waals surface area contributed by atoms with Gasteiger partial charge in [-0.05, 0) is 56.2 Å². The normalized spacial score (nSPS) is 12.8. The average Bonchev–Trinajstić information content (AvgIpc) is 2.22. The first-order chi connectivity index (χ1) is 7.54. The maximum atomic E-state index is 6.23. The lowest BCUT2D eigenvalue weighted by atomic mass is 10.00. The molecule has 0 aliphatic carbocycles. The van der Waals surface area contributed by atoms with Crippen molar-refractivity contribution in [2.24, 2.45) is 5.73 Å². The minimum Gasteiger partial charge on any atom is -0.328 e. The van der Waals surface area contributed by atoms with Gasteiger partial charge in [0.25, 0.3) is 0 Å². The highest BCUT2D eigenvalue weighted by atomic mass is 35.5. The van der Waals surface area contributed by atoms with E-state index >= 15 is 0 Å². The lowest BCUT2D eigenvalue weighted by Gasteiger charge is -2.10. The second kappa shape index (κ2) is 6.27. The number of hydrogen-bond donors (Lipinski definition) is 1. The fourth-order valence-electron chi connectivity index (χ4n) is 1.95. The molecule has 0 amide bonds. The van der Waals surface area contributed by atoms with Gasteiger partial charge in [-0.25, -0.2) is 0 Å². The van der Waals surface area contributed by atoms with E-state index in [0.29, 0.717) is 6.04 Å². The number of nitrogens with two attached hydrogens (primary N) is 1. The zero-order valence-electron chi connectivity index (χ0n) is 10.5. The number of aryl methyl sites for hydroxylation is 3. The molecule has 16 heavy (non-hydrogen) atoms. The summed E-state index contributed by atoms with van der Waals surface area (Å²) in [6.07, 6.45) is 4.35. The van der Waals surface area contributed by atoms with Gasteiger partial charge in [0.05, 0.1) is 0 Å². The molecule has 2 heteroatoms.